The van der Waals surface area contributed by atoms with Gasteiger partial charge in [0.1, 0.15) is 5.82 Å². The zero-order valence-corrected chi connectivity index (χ0v) is 11.6. The maximum Gasteiger partial charge on any atom is 0.257 e. The Morgan fingerprint density at radius 3 is 2.74 bits per heavy atom. The van der Waals surface area contributed by atoms with Gasteiger partial charge in [-0.25, -0.2) is 4.98 Å². The molecule has 6 heteroatoms. The fourth-order valence-corrected chi connectivity index (χ4v) is 1.89. The van der Waals surface area contributed by atoms with Gasteiger partial charge in [-0.3, -0.25) is 4.79 Å². The highest BCUT2D eigenvalue weighted by Gasteiger charge is 2.12. The van der Waals surface area contributed by atoms with E-state index in [2.05, 4.69) is 15.6 Å². The molecule has 0 atom stereocenters. The Hall–Kier alpha value is -1.78. The van der Waals surface area contributed by atoms with Gasteiger partial charge in [0, 0.05) is 24.0 Å². The highest BCUT2D eigenvalue weighted by Crippen LogP contribution is 2.20. The second-order valence-corrected chi connectivity index (χ2v) is 4.61. The number of nitrogens with zero attached hydrogens (tertiary/aromatic N) is 1. The minimum Gasteiger partial charge on any atom is -0.373 e. The molecule has 0 saturated carbocycles. The molecule has 1 aromatic carbocycles. The summed E-state index contributed by atoms with van der Waals surface area (Å²) < 4.78 is 0. The van der Waals surface area contributed by atoms with Gasteiger partial charge in [0.05, 0.1) is 10.6 Å². The van der Waals surface area contributed by atoms with E-state index in [1.54, 1.807) is 37.4 Å². The molecule has 0 radical (unpaired) electrons. The topological polar surface area (TPSA) is 54.0 Å². The van der Waals surface area contributed by atoms with E-state index in [0.717, 1.165) is 0 Å². The van der Waals surface area contributed by atoms with Crippen LogP contribution in [-0.2, 0) is 0 Å². The summed E-state index contributed by atoms with van der Waals surface area (Å²) in [5.41, 5.74) is 0.956. The maximum atomic E-state index is 12.1. The van der Waals surface area contributed by atoms with Crippen LogP contribution < -0.4 is 10.6 Å². The molecule has 2 aromatic rings. The predicted molar refractivity (Wildman–Crippen MR) is 78.2 cm³/mol. The third kappa shape index (κ3) is 3.36. The third-order valence-electron chi connectivity index (χ3n) is 2.44. The molecule has 1 amide bonds. The molecule has 0 unspecified atom stereocenters. The fourth-order valence-electron chi connectivity index (χ4n) is 1.51. The quantitative estimate of drug-likeness (QED) is 0.908. The molecular formula is C13H11Cl2N3O. The summed E-state index contributed by atoms with van der Waals surface area (Å²) in [6.07, 6.45) is 1.43. The molecule has 0 spiro atoms. The van der Waals surface area contributed by atoms with E-state index < -0.39 is 0 Å². The van der Waals surface area contributed by atoms with Crippen LogP contribution in [0.2, 0.25) is 10.0 Å². The number of rotatable bonds is 3. The van der Waals surface area contributed by atoms with Crippen LogP contribution in [0.15, 0.2) is 36.5 Å². The van der Waals surface area contributed by atoms with Crippen LogP contribution in [0.3, 0.4) is 0 Å². The minimum atomic E-state index is -0.314. The molecule has 0 aliphatic rings. The molecular weight excluding hydrogens is 285 g/mol. The molecule has 0 saturated heterocycles. The summed E-state index contributed by atoms with van der Waals surface area (Å²) in [5.74, 6) is 0.256. The van der Waals surface area contributed by atoms with Crippen LogP contribution >= 0.6 is 23.2 Å². The van der Waals surface area contributed by atoms with Crippen LogP contribution in [0.1, 0.15) is 10.4 Å². The number of hydrogen-bond acceptors (Lipinski definition) is 3. The fraction of sp³-hybridized carbons (Fsp3) is 0.0769. The van der Waals surface area contributed by atoms with Gasteiger partial charge < -0.3 is 10.6 Å². The number of benzene rings is 1. The SMILES string of the molecule is CNc1cc(C(=O)Nc2cccc(Cl)c2)c(Cl)cn1. The van der Waals surface area contributed by atoms with Crippen molar-refractivity contribution in [2.75, 3.05) is 17.7 Å². The number of carbonyl (C=O) groups excluding carboxylic acids is 1. The largest absolute Gasteiger partial charge is 0.373 e. The molecule has 19 heavy (non-hydrogen) atoms. The van der Waals surface area contributed by atoms with Crippen molar-refractivity contribution >= 4 is 40.6 Å². The number of carbonyl (C=O) groups is 1. The average molecular weight is 296 g/mol. The van der Waals surface area contributed by atoms with Crippen molar-refractivity contribution < 1.29 is 4.79 Å². The molecule has 0 aliphatic heterocycles. The van der Waals surface area contributed by atoms with Crippen molar-refractivity contribution in [3.05, 3.63) is 52.1 Å². The smallest absolute Gasteiger partial charge is 0.257 e. The van der Waals surface area contributed by atoms with E-state index in [9.17, 15) is 4.79 Å². The first-order chi connectivity index (χ1) is 9.10. The highest BCUT2D eigenvalue weighted by molar-refractivity contribution is 6.34. The van der Waals surface area contributed by atoms with Gasteiger partial charge in [0.25, 0.3) is 5.91 Å². The zero-order chi connectivity index (χ0) is 13.8. The minimum absolute atomic E-state index is 0.290. The number of anilines is 2. The van der Waals surface area contributed by atoms with Gasteiger partial charge in [0.15, 0.2) is 0 Å². The van der Waals surface area contributed by atoms with E-state index in [0.29, 0.717) is 27.1 Å². The number of amides is 1. The average Bonchev–Trinajstić information content (AvgIpc) is 2.39. The number of halogens is 2. The molecule has 4 nitrogen and oxygen atoms in total. The second kappa shape index (κ2) is 5.91. The zero-order valence-electron chi connectivity index (χ0n) is 10.1. The van der Waals surface area contributed by atoms with E-state index in [4.69, 9.17) is 23.2 Å². The van der Waals surface area contributed by atoms with Crippen LogP contribution in [0.5, 0.6) is 0 Å². The Morgan fingerprint density at radius 1 is 1.26 bits per heavy atom. The Balaban J connectivity index is 2.25. The monoisotopic (exact) mass is 295 g/mol. The first kappa shape index (κ1) is 13.6. The molecule has 2 rings (SSSR count). The molecule has 1 heterocycles. The maximum absolute atomic E-state index is 12.1. The van der Waals surface area contributed by atoms with E-state index in [1.165, 1.54) is 6.20 Å². The van der Waals surface area contributed by atoms with Gasteiger partial charge in [-0.2, -0.15) is 0 Å². The molecule has 0 fully saturated rings. The summed E-state index contributed by atoms with van der Waals surface area (Å²) >= 11 is 11.8. The van der Waals surface area contributed by atoms with Crippen molar-refractivity contribution in [3.63, 3.8) is 0 Å². The summed E-state index contributed by atoms with van der Waals surface area (Å²) in [6, 6.07) is 8.48. The summed E-state index contributed by atoms with van der Waals surface area (Å²) in [5, 5.41) is 6.42. The highest BCUT2D eigenvalue weighted by atomic mass is 35.5. The Morgan fingerprint density at radius 2 is 2.05 bits per heavy atom. The van der Waals surface area contributed by atoms with Crippen molar-refractivity contribution in [2.45, 2.75) is 0 Å². The van der Waals surface area contributed by atoms with Crippen LogP contribution in [0.4, 0.5) is 11.5 Å². The Labute approximate surface area is 120 Å². The van der Waals surface area contributed by atoms with Crippen LogP contribution in [-0.4, -0.2) is 17.9 Å². The summed E-state index contributed by atoms with van der Waals surface area (Å²) in [6.45, 7) is 0. The lowest BCUT2D eigenvalue weighted by molar-refractivity contribution is 0.102. The molecule has 0 bridgehead atoms. The van der Waals surface area contributed by atoms with E-state index in [-0.39, 0.29) is 5.91 Å². The molecule has 2 N–H and O–H groups in total. The van der Waals surface area contributed by atoms with Crippen molar-refractivity contribution in [3.8, 4) is 0 Å². The molecule has 0 aliphatic carbocycles. The van der Waals surface area contributed by atoms with Gasteiger partial charge in [-0.1, -0.05) is 29.3 Å². The van der Waals surface area contributed by atoms with Crippen molar-refractivity contribution in [2.24, 2.45) is 0 Å². The second-order valence-electron chi connectivity index (χ2n) is 3.76. The number of nitrogens with one attached hydrogen (secondary N) is 2. The lowest BCUT2D eigenvalue weighted by Gasteiger charge is -2.08. The van der Waals surface area contributed by atoms with Gasteiger partial charge in [-0.15, -0.1) is 0 Å². The lowest BCUT2D eigenvalue weighted by Crippen LogP contribution is -2.13. The predicted octanol–water partition coefficient (Wildman–Crippen LogP) is 3.68. The van der Waals surface area contributed by atoms with Crippen LogP contribution in [0, 0.1) is 0 Å². The van der Waals surface area contributed by atoms with Crippen molar-refractivity contribution in [1.29, 1.82) is 0 Å². The number of aromatic nitrogens is 1. The van der Waals surface area contributed by atoms with E-state index in [1.807, 2.05) is 0 Å². The Kier molecular flexibility index (Phi) is 4.24. The van der Waals surface area contributed by atoms with Crippen molar-refractivity contribution in [1.82, 2.24) is 4.98 Å². The summed E-state index contributed by atoms with van der Waals surface area (Å²) in [7, 11) is 1.72. The van der Waals surface area contributed by atoms with Crippen LogP contribution in [0.25, 0.3) is 0 Å². The van der Waals surface area contributed by atoms with E-state index >= 15 is 0 Å². The Bertz CT molecular complexity index is 617. The van der Waals surface area contributed by atoms with Gasteiger partial charge >= 0.3 is 0 Å². The third-order valence-corrected chi connectivity index (χ3v) is 2.97. The number of pyridine rings is 1. The van der Waals surface area contributed by atoms with Gasteiger partial charge in [0.2, 0.25) is 0 Å². The molecule has 1 aromatic heterocycles. The summed E-state index contributed by atoms with van der Waals surface area (Å²) in [4.78, 5) is 16.1. The first-order valence-corrected chi connectivity index (χ1v) is 6.26. The first-order valence-electron chi connectivity index (χ1n) is 5.50. The number of hydrogen-bond donors (Lipinski definition) is 2. The lowest BCUT2D eigenvalue weighted by atomic mass is 10.2. The normalized spacial score (nSPS) is 10.1. The standard InChI is InChI=1S/C13H11Cl2N3O/c1-16-12-6-10(11(15)7-17-12)13(19)18-9-4-2-3-8(14)5-9/h2-7H,1H3,(H,16,17)(H,18,19). The molecule has 98 valence electrons. The van der Waals surface area contributed by atoms with Gasteiger partial charge in [-0.05, 0) is 24.3 Å².